The number of carbonyl (C=O) groups is 1. The summed E-state index contributed by atoms with van der Waals surface area (Å²) < 4.78 is 39.7. The van der Waals surface area contributed by atoms with E-state index in [-0.39, 0.29) is 24.7 Å². The van der Waals surface area contributed by atoms with Crippen molar-refractivity contribution >= 4 is 21.6 Å². The Labute approximate surface area is 117 Å². The Morgan fingerprint density at radius 1 is 1.30 bits per heavy atom. The van der Waals surface area contributed by atoms with Crippen molar-refractivity contribution in [3.8, 4) is 0 Å². The number of hydrogen-bond donors (Lipinski definition) is 1. The summed E-state index contributed by atoms with van der Waals surface area (Å²) in [6.45, 7) is 0.330. The van der Waals surface area contributed by atoms with Crippen molar-refractivity contribution in [1.29, 1.82) is 0 Å². The molecule has 1 aliphatic rings. The topological polar surface area (TPSA) is 83.7 Å². The van der Waals surface area contributed by atoms with Crippen LogP contribution in [0, 0.1) is 5.82 Å². The van der Waals surface area contributed by atoms with Crippen molar-refractivity contribution in [2.24, 2.45) is 0 Å². The number of rotatable bonds is 2. The van der Waals surface area contributed by atoms with Gasteiger partial charge in [0.15, 0.2) is 0 Å². The van der Waals surface area contributed by atoms with E-state index >= 15 is 0 Å². The third-order valence-corrected chi connectivity index (χ3v) is 5.17. The van der Waals surface area contributed by atoms with E-state index in [1.54, 1.807) is 7.05 Å². The molecule has 2 rings (SSSR count). The van der Waals surface area contributed by atoms with Gasteiger partial charge in [-0.1, -0.05) is 6.07 Å². The highest BCUT2D eigenvalue weighted by atomic mass is 32.2. The summed E-state index contributed by atoms with van der Waals surface area (Å²) in [5, 5.41) is 0. The van der Waals surface area contributed by atoms with Gasteiger partial charge in [-0.15, -0.1) is 0 Å². The normalized spacial score (nSPS) is 18.1. The quantitative estimate of drug-likeness (QED) is 0.794. The summed E-state index contributed by atoms with van der Waals surface area (Å²) in [6.07, 6.45) is 0.496. The van der Waals surface area contributed by atoms with Crippen molar-refractivity contribution < 1.29 is 17.6 Å². The molecule has 0 radical (unpaired) electrons. The van der Waals surface area contributed by atoms with E-state index in [1.807, 2.05) is 0 Å². The van der Waals surface area contributed by atoms with E-state index in [2.05, 4.69) is 0 Å². The molecule has 2 N–H and O–H groups in total. The van der Waals surface area contributed by atoms with Gasteiger partial charge < -0.3 is 10.6 Å². The second kappa shape index (κ2) is 5.37. The van der Waals surface area contributed by atoms with Crippen LogP contribution in [0.15, 0.2) is 23.1 Å². The number of likely N-dealkylation sites (N-methyl/N-ethyl adjacent to an activating group) is 1. The molecule has 0 atom stereocenters. The van der Waals surface area contributed by atoms with Gasteiger partial charge in [0, 0.05) is 20.1 Å². The minimum Gasteiger partial charge on any atom is -0.398 e. The highest BCUT2D eigenvalue weighted by Crippen LogP contribution is 2.26. The molecule has 6 nitrogen and oxygen atoms in total. The smallest absolute Gasteiger partial charge is 0.248 e. The number of halogens is 1. The molecule has 20 heavy (non-hydrogen) atoms. The van der Waals surface area contributed by atoms with Crippen LogP contribution in [0.1, 0.15) is 6.42 Å². The lowest BCUT2D eigenvalue weighted by Gasteiger charge is -2.20. The standard InChI is InChI=1S/C12H16FN3O3S/c1-15-6-3-7-16(8-11(15)17)20(18,19)12-9(13)4-2-5-10(12)14/h2,4-5H,3,6-8,14H2,1H3. The first-order valence-corrected chi connectivity index (χ1v) is 7.56. The number of benzene rings is 1. The monoisotopic (exact) mass is 301 g/mol. The lowest BCUT2D eigenvalue weighted by atomic mass is 10.3. The minimum absolute atomic E-state index is 0.157. The number of amides is 1. The fourth-order valence-electron chi connectivity index (χ4n) is 2.09. The summed E-state index contributed by atoms with van der Waals surface area (Å²) in [6, 6.07) is 3.70. The molecule has 1 heterocycles. The average Bonchev–Trinajstić information content (AvgIpc) is 2.52. The molecule has 8 heteroatoms. The maximum absolute atomic E-state index is 13.8. The lowest BCUT2D eigenvalue weighted by Crippen LogP contribution is -2.38. The fourth-order valence-corrected chi connectivity index (χ4v) is 3.68. The third kappa shape index (κ3) is 2.61. The van der Waals surface area contributed by atoms with E-state index in [1.165, 1.54) is 17.0 Å². The molecule has 110 valence electrons. The van der Waals surface area contributed by atoms with E-state index < -0.39 is 20.7 Å². The van der Waals surface area contributed by atoms with E-state index in [0.717, 1.165) is 10.4 Å². The molecule has 1 amide bonds. The van der Waals surface area contributed by atoms with Crippen LogP contribution in [-0.2, 0) is 14.8 Å². The van der Waals surface area contributed by atoms with Crippen LogP contribution in [0.2, 0.25) is 0 Å². The lowest BCUT2D eigenvalue weighted by molar-refractivity contribution is -0.129. The molecule has 0 aromatic heterocycles. The van der Waals surface area contributed by atoms with Crippen LogP contribution in [0.25, 0.3) is 0 Å². The zero-order valence-corrected chi connectivity index (χ0v) is 11.9. The Balaban J connectivity index is 2.42. The minimum atomic E-state index is -4.12. The molecule has 0 spiro atoms. The summed E-state index contributed by atoms with van der Waals surface area (Å²) in [5.41, 5.74) is 5.42. The molecular formula is C12H16FN3O3S. The summed E-state index contributed by atoms with van der Waals surface area (Å²) in [7, 11) is -2.51. The van der Waals surface area contributed by atoms with E-state index in [9.17, 15) is 17.6 Å². The van der Waals surface area contributed by atoms with Gasteiger partial charge in [0.05, 0.1) is 12.2 Å². The zero-order chi connectivity index (χ0) is 14.9. The molecule has 0 bridgehead atoms. The number of nitrogens with zero attached hydrogens (tertiary/aromatic N) is 2. The van der Waals surface area contributed by atoms with Crippen molar-refractivity contribution in [2.45, 2.75) is 11.3 Å². The molecule has 0 aliphatic carbocycles. The van der Waals surface area contributed by atoms with Crippen molar-refractivity contribution in [3.05, 3.63) is 24.0 Å². The first kappa shape index (κ1) is 14.7. The Hall–Kier alpha value is -1.67. The van der Waals surface area contributed by atoms with Gasteiger partial charge in [-0.25, -0.2) is 12.8 Å². The number of anilines is 1. The Morgan fingerprint density at radius 2 is 2.00 bits per heavy atom. The van der Waals surface area contributed by atoms with Crippen LogP contribution in [0.4, 0.5) is 10.1 Å². The van der Waals surface area contributed by atoms with Crippen LogP contribution >= 0.6 is 0 Å². The SMILES string of the molecule is CN1CCCN(S(=O)(=O)c2c(N)cccc2F)CC1=O. The van der Waals surface area contributed by atoms with Gasteiger partial charge in [0.25, 0.3) is 0 Å². The van der Waals surface area contributed by atoms with Crippen LogP contribution in [0.3, 0.4) is 0 Å². The number of nitrogen functional groups attached to an aromatic ring is 1. The highest BCUT2D eigenvalue weighted by molar-refractivity contribution is 7.89. The molecule has 1 aromatic rings. The molecule has 1 aliphatic heterocycles. The Morgan fingerprint density at radius 3 is 2.65 bits per heavy atom. The van der Waals surface area contributed by atoms with Gasteiger partial charge >= 0.3 is 0 Å². The summed E-state index contributed by atoms with van der Waals surface area (Å²) >= 11 is 0. The van der Waals surface area contributed by atoms with Gasteiger partial charge in [0.2, 0.25) is 15.9 Å². The van der Waals surface area contributed by atoms with E-state index in [0.29, 0.717) is 13.0 Å². The first-order valence-electron chi connectivity index (χ1n) is 6.12. The van der Waals surface area contributed by atoms with Crippen LogP contribution < -0.4 is 5.73 Å². The maximum Gasteiger partial charge on any atom is 0.248 e. The molecular weight excluding hydrogens is 285 g/mol. The Bertz CT molecular complexity index is 613. The van der Waals surface area contributed by atoms with Crippen LogP contribution in [-0.4, -0.2) is 50.2 Å². The van der Waals surface area contributed by atoms with Crippen molar-refractivity contribution in [2.75, 3.05) is 32.4 Å². The average molecular weight is 301 g/mol. The van der Waals surface area contributed by atoms with E-state index in [4.69, 9.17) is 5.73 Å². The van der Waals surface area contributed by atoms with Crippen molar-refractivity contribution in [3.63, 3.8) is 0 Å². The maximum atomic E-state index is 13.8. The van der Waals surface area contributed by atoms with Gasteiger partial charge in [-0.05, 0) is 18.6 Å². The largest absolute Gasteiger partial charge is 0.398 e. The second-order valence-electron chi connectivity index (χ2n) is 4.67. The first-order chi connectivity index (χ1) is 9.34. The number of carbonyl (C=O) groups excluding carboxylic acids is 1. The molecule has 1 fully saturated rings. The fraction of sp³-hybridized carbons (Fsp3) is 0.417. The van der Waals surface area contributed by atoms with Crippen LogP contribution in [0.5, 0.6) is 0 Å². The summed E-state index contributed by atoms with van der Waals surface area (Å²) in [5.74, 6) is -1.23. The molecule has 1 aromatic carbocycles. The molecule has 0 saturated carbocycles. The molecule has 0 unspecified atom stereocenters. The number of nitrogens with two attached hydrogens (primary N) is 1. The number of sulfonamides is 1. The highest BCUT2D eigenvalue weighted by Gasteiger charge is 2.33. The van der Waals surface area contributed by atoms with Gasteiger partial charge in [0.1, 0.15) is 10.7 Å². The third-order valence-electron chi connectivity index (χ3n) is 3.23. The van der Waals surface area contributed by atoms with Gasteiger partial charge in [-0.2, -0.15) is 4.31 Å². The zero-order valence-electron chi connectivity index (χ0n) is 11.0. The number of hydrogen-bond acceptors (Lipinski definition) is 4. The van der Waals surface area contributed by atoms with Crippen molar-refractivity contribution in [1.82, 2.24) is 9.21 Å². The van der Waals surface area contributed by atoms with Gasteiger partial charge in [-0.3, -0.25) is 4.79 Å². The Kier molecular flexibility index (Phi) is 3.96. The predicted molar refractivity (Wildman–Crippen MR) is 71.8 cm³/mol. The molecule has 1 saturated heterocycles. The predicted octanol–water partition coefficient (Wildman–Crippen LogP) is 0.261. The second-order valence-corrected chi connectivity index (χ2v) is 6.54. The summed E-state index contributed by atoms with van der Waals surface area (Å²) in [4.78, 5) is 12.7.